The summed E-state index contributed by atoms with van der Waals surface area (Å²) in [6.45, 7) is 10.8. The van der Waals surface area contributed by atoms with E-state index in [9.17, 15) is 5.11 Å². The molecule has 1 aromatic carbocycles. The molecule has 1 N–H and O–H groups in total. The number of nitrogens with zero attached hydrogens (tertiary/aromatic N) is 2. The van der Waals surface area contributed by atoms with E-state index in [4.69, 9.17) is 0 Å². The summed E-state index contributed by atoms with van der Waals surface area (Å²) >= 11 is 0. The second kappa shape index (κ2) is 7.46. The molecule has 0 saturated carbocycles. The molecular formula is C17H26N2O. The van der Waals surface area contributed by atoms with E-state index in [0.29, 0.717) is 0 Å². The van der Waals surface area contributed by atoms with Gasteiger partial charge in [-0.1, -0.05) is 18.2 Å². The third-order valence-corrected chi connectivity index (χ3v) is 3.91. The molecule has 0 radical (unpaired) electrons. The average Bonchev–Trinajstić information content (AvgIpc) is 2.46. The van der Waals surface area contributed by atoms with Gasteiger partial charge in [0.25, 0.3) is 0 Å². The van der Waals surface area contributed by atoms with Gasteiger partial charge in [-0.15, -0.1) is 6.58 Å². The van der Waals surface area contributed by atoms with Crippen LogP contribution in [0.4, 0.5) is 5.69 Å². The molecule has 20 heavy (non-hydrogen) atoms. The SMILES string of the molecule is C=CCCC(O)CN1CCN(c2cccc(C)c2)CC1. The van der Waals surface area contributed by atoms with Crippen molar-refractivity contribution in [2.24, 2.45) is 0 Å². The van der Waals surface area contributed by atoms with Crippen molar-refractivity contribution in [2.75, 3.05) is 37.6 Å². The van der Waals surface area contributed by atoms with Gasteiger partial charge in [-0.3, -0.25) is 4.90 Å². The fourth-order valence-electron chi connectivity index (χ4n) is 2.71. The first-order valence-corrected chi connectivity index (χ1v) is 7.52. The van der Waals surface area contributed by atoms with Crippen LogP contribution in [0.2, 0.25) is 0 Å². The third kappa shape index (κ3) is 4.36. The lowest BCUT2D eigenvalue weighted by Crippen LogP contribution is -2.48. The van der Waals surface area contributed by atoms with Crippen molar-refractivity contribution in [1.29, 1.82) is 0 Å². The number of anilines is 1. The molecule has 0 bridgehead atoms. The fraction of sp³-hybridized carbons (Fsp3) is 0.529. The van der Waals surface area contributed by atoms with Crippen LogP contribution in [0.15, 0.2) is 36.9 Å². The van der Waals surface area contributed by atoms with Crippen LogP contribution < -0.4 is 4.90 Å². The summed E-state index contributed by atoms with van der Waals surface area (Å²) in [4.78, 5) is 4.79. The zero-order chi connectivity index (χ0) is 14.4. The van der Waals surface area contributed by atoms with Gasteiger partial charge in [0.2, 0.25) is 0 Å². The molecule has 1 atom stereocenters. The van der Waals surface area contributed by atoms with Gasteiger partial charge in [0.05, 0.1) is 6.10 Å². The number of hydrogen-bond donors (Lipinski definition) is 1. The summed E-state index contributed by atoms with van der Waals surface area (Å²) in [6.07, 6.45) is 3.36. The van der Waals surface area contributed by atoms with Crippen LogP contribution in [-0.4, -0.2) is 48.8 Å². The van der Waals surface area contributed by atoms with Crippen LogP contribution in [-0.2, 0) is 0 Å². The number of β-amino-alcohol motifs (C(OH)–C–C–N with tert-alkyl or cyclic N) is 1. The Bertz CT molecular complexity index is 425. The van der Waals surface area contributed by atoms with Crippen molar-refractivity contribution in [3.63, 3.8) is 0 Å². The monoisotopic (exact) mass is 274 g/mol. The summed E-state index contributed by atoms with van der Waals surface area (Å²) < 4.78 is 0. The van der Waals surface area contributed by atoms with Gasteiger partial charge in [-0.25, -0.2) is 0 Å². The molecule has 1 aliphatic heterocycles. The molecular weight excluding hydrogens is 248 g/mol. The maximum Gasteiger partial charge on any atom is 0.0670 e. The maximum atomic E-state index is 9.95. The molecule has 1 aliphatic rings. The van der Waals surface area contributed by atoms with Crippen LogP contribution in [0.3, 0.4) is 0 Å². The minimum absolute atomic E-state index is 0.224. The van der Waals surface area contributed by atoms with Gasteiger partial charge in [0, 0.05) is 38.4 Å². The maximum absolute atomic E-state index is 9.95. The second-order valence-electron chi connectivity index (χ2n) is 5.65. The van der Waals surface area contributed by atoms with Gasteiger partial charge in [-0.2, -0.15) is 0 Å². The molecule has 0 aliphatic carbocycles. The van der Waals surface area contributed by atoms with Crippen LogP contribution in [0.25, 0.3) is 0 Å². The minimum atomic E-state index is -0.224. The van der Waals surface area contributed by atoms with E-state index < -0.39 is 0 Å². The second-order valence-corrected chi connectivity index (χ2v) is 5.65. The summed E-state index contributed by atoms with van der Waals surface area (Å²) in [6, 6.07) is 8.68. The van der Waals surface area contributed by atoms with Crippen LogP contribution in [0.5, 0.6) is 0 Å². The van der Waals surface area contributed by atoms with E-state index in [2.05, 4.69) is 47.6 Å². The minimum Gasteiger partial charge on any atom is -0.392 e. The molecule has 0 aromatic heterocycles. The van der Waals surface area contributed by atoms with E-state index >= 15 is 0 Å². The molecule has 1 saturated heterocycles. The molecule has 0 spiro atoms. The number of benzene rings is 1. The smallest absolute Gasteiger partial charge is 0.0670 e. The van der Waals surface area contributed by atoms with Crippen molar-refractivity contribution in [3.8, 4) is 0 Å². The summed E-state index contributed by atoms with van der Waals surface area (Å²) in [5.74, 6) is 0. The van der Waals surface area contributed by atoms with Gasteiger partial charge in [-0.05, 0) is 37.5 Å². The molecule has 0 amide bonds. The van der Waals surface area contributed by atoms with E-state index in [1.807, 2.05) is 6.08 Å². The average molecular weight is 274 g/mol. The topological polar surface area (TPSA) is 26.7 Å². The number of allylic oxidation sites excluding steroid dienone is 1. The summed E-state index contributed by atoms with van der Waals surface area (Å²) in [5, 5.41) is 9.95. The van der Waals surface area contributed by atoms with E-state index in [1.165, 1.54) is 11.3 Å². The van der Waals surface area contributed by atoms with Crippen molar-refractivity contribution < 1.29 is 5.11 Å². The first kappa shape index (κ1) is 15.1. The van der Waals surface area contributed by atoms with Crippen LogP contribution >= 0.6 is 0 Å². The molecule has 1 aromatic rings. The Hall–Kier alpha value is -1.32. The Kier molecular flexibility index (Phi) is 5.62. The molecule has 2 rings (SSSR count). The molecule has 1 fully saturated rings. The van der Waals surface area contributed by atoms with E-state index in [0.717, 1.165) is 45.6 Å². The lowest BCUT2D eigenvalue weighted by Gasteiger charge is -2.37. The Labute approximate surface area is 122 Å². The largest absolute Gasteiger partial charge is 0.392 e. The molecule has 3 heteroatoms. The lowest BCUT2D eigenvalue weighted by molar-refractivity contribution is 0.103. The number of aliphatic hydroxyl groups excluding tert-OH is 1. The first-order valence-electron chi connectivity index (χ1n) is 7.52. The predicted octanol–water partition coefficient (Wildman–Crippen LogP) is 2.44. The highest BCUT2D eigenvalue weighted by atomic mass is 16.3. The standard InChI is InChI=1S/C17H26N2O/c1-3-4-8-17(20)14-18-9-11-19(12-10-18)16-7-5-6-15(2)13-16/h3,5-7,13,17,20H,1,4,8-12,14H2,2H3. The first-order chi connectivity index (χ1) is 9.69. The summed E-state index contributed by atoms with van der Waals surface area (Å²) in [7, 11) is 0. The van der Waals surface area contributed by atoms with Gasteiger partial charge < -0.3 is 10.0 Å². The zero-order valence-electron chi connectivity index (χ0n) is 12.5. The predicted molar refractivity (Wildman–Crippen MR) is 85.3 cm³/mol. The van der Waals surface area contributed by atoms with E-state index in [1.54, 1.807) is 0 Å². The molecule has 110 valence electrons. The Morgan fingerprint density at radius 3 is 2.70 bits per heavy atom. The normalized spacial score (nSPS) is 18.0. The van der Waals surface area contributed by atoms with Crippen molar-refractivity contribution in [3.05, 3.63) is 42.5 Å². The fourth-order valence-corrected chi connectivity index (χ4v) is 2.71. The van der Waals surface area contributed by atoms with Gasteiger partial charge in [0.15, 0.2) is 0 Å². The van der Waals surface area contributed by atoms with Crippen molar-refractivity contribution >= 4 is 5.69 Å². The number of aliphatic hydroxyl groups is 1. The highest BCUT2D eigenvalue weighted by Crippen LogP contribution is 2.18. The zero-order valence-corrected chi connectivity index (χ0v) is 12.5. The number of rotatable bonds is 6. The number of aryl methyl sites for hydroxylation is 1. The lowest BCUT2D eigenvalue weighted by atomic mass is 10.1. The number of piperazine rings is 1. The quantitative estimate of drug-likeness (QED) is 0.807. The van der Waals surface area contributed by atoms with Crippen molar-refractivity contribution in [1.82, 2.24) is 4.90 Å². The highest BCUT2D eigenvalue weighted by Gasteiger charge is 2.19. The van der Waals surface area contributed by atoms with Crippen LogP contribution in [0.1, 0.15) is 18.4 Å². The Balaban J connectivity index is 1.79. The van der Waals surface area contributed by atoms with Gasteiger partial charge >= 0.3 is 0 Å². The van der Waals surface area contributed by atoms with Gasteiger partial charge in [0.1, 0.15) is 0 Å². The molecule has 1 heterocycles. The number of hydrogen-bond acceptors (Lipinski definition) is 3. The molecule has 1 unspecified atom stereocenters. The Morgan fingerprint density at radius 1 is 1.30 bits per heavy atom. The van der Waals surface area contributed by atoms with E-state index in [-0.39, 0.29) is 6.10 Å². The van der Waals surface area contributed by atoms with Crippen LogP contribution in [0, 0.1) is 6.92 Å². The summed E-state index contributed by atoms with van der Waals surface area (Å²) in [5.41, 5.74) is 2.63. The highest BCUT2D eigenvalue weighted by molar-refractivity contribution is 5.48. The molecule has 3 nitrogen and oxygen atoms in total. The Morgan fingerprint density at radius 2 is 2.05 bits per heavy atom. The third-order valence-electron chi connectivity index (χ3n) is 3.91. The van der Waals surface area contributed by atoms with Crippen molar-refractivity contribution in [2.45, 2.75) is 25.9 Å².